The summed E-state index contributed by atoms with van der Waals surface area (Å²) in [6, 6.07) is 11.4. The quantitative estimate of drug-likeness (QED) is 0.819. The number of nitrogens with zero attached hydrogens (tertiary/aromatic N) is 2. The minimum absolute atomic E-state index is 0.388. The molecule has 16 heavy (non-hydrogen) atoms. The van der Waals surface area contributed by atoms with Crippen LogP contribution in [-0.4, -0.2) is 10.2 Å². The molecule has 0 spiro atoms. The first-order valence-electron chi connectivity index (χ1n) is 4.91. The van der Waals surface area contributed by atoms with E-state index in [-0.39, 0.29) is 0 Å². The van der Waals surface area contributed by atoms with Crippen LogP contribution in [0.3, 0.4) is 0 Å². The molecule has 0 aliphatic rings. The molecule has 2 rings (SSSR count). The number of benzene rings is 1. The Morgan fingerprint density at radius 2 is 2.06 bits per heavy atom. The molecule has 0 aliphatic heterocycles. The van der Waals surface area contributed by atoms with E-state index in [0.717, 1.165) is 11.4 Å². The molecule has 4 heteroatoms. The second-order valence-corrected chi connectivity index (χ2v) is 3.84. The fraction of sp³-hybridized carbons (Fsp3) is 0.167. The Morgan fingerprint density at radius 3 is 2.75 bits per heavy atom. The first kappa shape index (κ1) is 10.9. The lowest BCUT2D eigenvalue weighted by molar-refractivity contribution is 0.299. The van der Waals surface area contributed by atoms with Crippen molar-refractivity contribution in [3.63, 3.8) is 0 Å². The van der Waals surface area contributed by atoms with Gasteiger partial charge in [0, 0.05) is 0 Å². The lowest BCUT2D eigenvalue weighted by atomic mass is 10.2. The van der Waals surface area contributed by atoms with E-state index in [9.17, 15) is 0 Å². The fourth-order valence-electron chi connectivity index (χ4n) is 1.28. The van der Waals surface area contributed by atoms with Gasteiger partial charge in [0.05, 0.1) is 0 Å². The van der Waals surface area contributed by atoms with E-state index in [1.807, 2.05) is 31.2 Å². The van der Waals surface area contributed by atoms with Crippen LogP contribution in [0.15, 0.2) is 36.4 Å². The molecule has 3 nitrogen and oxygen atoms in total. The Bertz CT molecular complexity index is 471. The summed E-state index contributed by atoms with van der Waals surface area (Å²) in [6.07, 6.45) is 0. The van der Waals surface area contributed by atoms with Crippen LogP contribution < -0.4 is 4.74 Å². The molecular weight excluding hydrogens is 224 g/mol. The minimum atomic E-state index is 0.388. The van der Waals surface area contributed by atoms with Crippen molar-refractivity contribution in [1.29, 1.82) is 0 Å². The second kappa shape index (κ2) is 4.94. The zero-order chi connectivity index (χ0) is 11.4. The molecule has 1 aromatic heterocycles. The Labute approximate surface area is 99.0 Å². The SMILES string of the molecule is Cc1cccc(OCc2ccc(Cl)nn2)c1. The van der Waals surface area contributed by atoms with Gasteiger partial charge < -0.3 is 4.74 Å². The summed E-state index contributed by atoms with van der Waals surface area (Å²) < 4.78 is 5.57. The monoisotopic (exact) mass is 234 g/mol. The van der Waals surface area contributed by atoms with Crippen molar-refractivity contribution in [3.05, 3.63) is 52.8 Å². The molecule has 2 aromatic rings. The molecule has 0 atom stereocenters. The number of aromatic nitrogens is 2. The van der Waals surface area contributed by atoms with Gasteiger partial charge in [-0.3, -0.25) is 0 Å². The molecular formula is C12H11ClN2O. The molecule has 0 radical (unpaired) electrons. The second-order valence-electron chi connectivity index (χ2n) is 3.45. The third-order valence-electron chi connectivity index (χ3n) is 2.06. The van der Waals surface area contributed by atoms with E-state index < -0.39 is 0 Å². The average Bonchev–Trinajstić information content (AvgIpc) is 2.28. The first-order chi connectivity index (χ1) is 7.74. The fourth-order valence-corrected chi connectivity index (χ4v) is 1.38. The smallest absolute Gasteiger partial charge is 0.151 e. The summed E-state index contributed by atoms with van der Waals surface area (Å²) in [7, 11) is 0. The van der Waals surface area contributed by atoms with Crippen molar-refractivity contribution in [3.8, 4) is 5.75 Å². The molecule has 0 aliphatic carbocycles. The molecule has 1 aromatic carbocycles. The largest absolute Gasteiger partial charge is 0.487 e. The highest BCUT2D eigenvalue weighted by atomic mass is 35.5. The summed E-state index contributed by atoms with van der Waals surface area (Å²) in [5.74, 6) is 0.830. The van der Waals surface area contributed by atoms with Gasteiger partial charge in [0.25, 0.3) is 0 Å². The number of hydrogen-bond donors (Lipinski definition) is 0. The molecule has 1 heterocycles. The molecule has 0 saturated heterocycles. The molecule has 0 fully saturated rings. The van der Waals surface area contributed by atoms with E-state index in [4.69, 9.17) is 16.3 Å². The van der Waals surface area contributed by atoms with Gasteiger partial charge in [0.15, 0.2) is 5.15 Å². The average molecular weight is 235 g/mol. The van der Waals surface area contributed by atoms with Gasteiger partial charge in [-0.15, -0.1) is 5.10 Å². The third-order valence-corrected chi connectivity index (χ3v) is 2.27. The third kappa shape index (κ3) is 2.94. The van der Waals surface area contributed by atoms with Crippen LogP contribution in [0.25, 0.3) is 0 Å². The number of halogens is 1. The van der Waals surface area contributed by atoms with Crippen LogP contribution in [0.4, 0.5) is 0 Å². The maximum atomic E-state index is 5.64. The van der Waals surface area contributed by atoms with E-state index in [1.54, 1.807) is 12.1 Å². The van der Waals surface area contributed by atoms with E-state index >= 15 is 0 Å². The Balaban J connectivity index is 1.99. The van der Waals surface area contributed by atoms with Gasteiger partial charge in [-0.2, -0.15) is 5.10 Å². The van der Waals surface area contributed by atoms with Crippen molar-refractivity contribution in [1.82, 2.24) is 10.2 Å². The number of aryl methyl sites for hydroxylation is 1. The summed E-state index contributed by atoms with van der Waals surface area (Å²) in [4.78, 5) is 0. The van der Waals surface area contributed by atoms with Crippen LogP contribution in [0, 0.1) is 6.92 Å². The van der Waals surface area contributed by atoms with Crippen molar-refractivity contribution in [2.75, 3.05) is 0 Å². The molecule has 0 bridgehead atoms. The lowest BCUT2D eigenvalue weighted by Gasteiger charge is -2.05. The van der Waals surface area contributed by atoms with E-state index in [2.05, 4.69) is 10.2 Å². The van der Waals surface area contributed by atoms with Crippen LogP contribution in [-0.2, 0) is 6.61 Å². The predicted octanol–water partition coefficient (Wildman–Crippen LogP) is 3.02. The molecule has 0 N–H and O–H groups in total. The highest BCUT2D eigenvalue weighted by Crippen LogP contribution is 2.14. The molecule has 0 amide bonds. The van der Waals surface area contributed by atoms with Crippen LogP contribution in [0.2, 0.25) is 5.15 Å². The minimum Gasteiger partial charge on any atom is -0.487 e. The van der Waals surface area contributed by atoms with Gasteiger partial charge in [-0.05, 0) is 36.8 Å². The van der Waals surface area contributed by atoms with Crippen LogP contribution in [0.5, 0.6) is 5.75 Å². The summed E-state index contributed by atoms with van der Waals surface area (Å²) in [5.41, 5.74) is 1.92. The molecule has 0 saturated carbocycles. The van der Waals surface area contributed by atoms with Gasteiger partial charge in [-0.25, -0.2) is 0 Å². The van der Waals surface area contributed by atoms with Crippen molar-refractivity contribution >= 4 is 11.6 Å². The van der Waals surface area contributed by atoms with Crippen molar-refractivity contribution in [2.45, 2.75) is 13.5 Å². The normalized spacial score (nSPS) is 10.1. The van der Waals surface area contributed by atoms with Crippen LogP contribution in [0.1, 0.15) is 11.3 Å². The topological polar surface area (TPSA) is 35.0 Å². The number of hydrogen-bond acceptors (Lipinski definition) is 3. The summed E-state index contributed by atoms with van der Waals surface area (Å²) in [5, 5.41) is 8.04. The Kier molecular flexibility index (Phi) is 3.37. The summed E-state index contributed by atoms with van der Waals surface area (Å²) in [6.45, 7) is 2.42. The Hall–Kier alpha value is -1.61. The highest BCUT2D eigenvalue weighted by molar-refractivity contribution is 6.29. The standard InChI is InChI=1S/C12H11ClN2O/c1-9-3-2-4-11(7-9)16-8-10-5-6-12(13)15-14-10/h2-7H,8H2,1H3. The van der Waals surface area contributed by atoms with Gasteiger partial charge in [-0.1, -0.05) is 23.7 Å². The van der Waals surface area contributed by atoms with Crippen LogP contribution >= 0.6 is 11.6 Å². The molecule has 82 valence electrons. The van der Waals surface area contributed by atoms with Crippen molar-refractivity contribution < 1.29 is 4.74 Å². The molecule has 0 unspecified atom stereocenters. The maximum Gasteiger partial charge on any atom is 0.151 e. The zero-order valence-corrected chi connectivity index (χ0v) is 9.61. The highest BCUT2D eigenvalue weighted by Gasteiger charge is 1.98. The number of ether oxygens (including phenoxy) is 1. The van der Waals surface area contributed by atoms with Gasteiger partial charge >= 0.3 is 0 Å². The Morgan fingerprint density at radius 1 is 1.19 bits per heavy atom. The van der Waals surface area contributed by atoms with E-state index in [0.29, 0.717) is 11.8 Å². The lowest BCUT2D eigenvalue weighted by Crippen LogP contribution is -1.99. The van der Waals surface area contributed by atoms with Gasteiger partial charge in [0.1, 0.15) is 18.1 Å². The summed E-state index contributed by atoms with van der Waals surface area (Å²) >= 11 is 5.64. The first-order valence-corrected chi connectivity index (χ1v) is 5.29. The van der Waals surface area contributed by atoms with E-state index in [1.165, 1.54) is 5.56 Å². The van der Waals surface area contributed by atoms with Crippen molar-refractivity contribution in [2.24, 2.45) is 0 Å². The maximum absolute atomic E-state index is 5.64. The number of rotatable bonds is 3. The zero-order valence-electron chi connectivity index (χ0n) is 8.85. The predicted molar refractivity (Wildman–Crippen MR) is 62.6 cm³/mol. The van der Waals surface area contributed by atoms with Gasteiger partial charge in [0.2, 0.25) is 0 Å².